The van der Waals surface area contributed by atoms with Gasteiger partial charge in [-0.2, -0.15) is 0 Å². The first-order valence-electron chi connectivity index (χ1n) is 4.06. The number of nitrogens with two attached hydrogens (primary N) is 2. The van der Waals surface area contributed by atoms with Crippen LogP contribution in [0.4, 0.5) is 0 Å². The third kappa shape index (κ3) is 2.83. The molecular formula is C9H13N3O. The molecule has 0 aliphatic heterocycles. The van der Waals surface area contributed by atoms with Gasteiger partial charge in [0.15, 0.2) is 0 Å². The normalized spacial score (nSPS) is 12.5. The standard InChI is InChI=1S/C9H13N3O/c1-6-2-3-8(12-5-6)7(10)4-9(11)13/h2-3,5,7H,4,10H2,1H3,(H2,11,13). The summed E-state index contributed by atoms with van der Waals surface area (Å²) < 4.78 is 0. The Balaban J connectivity index is 2.71. The molecule has 0 fully saturated rings. The maximum atomic E-state index is 10.6. The molecule has 1 amide bonds. The second kappa shape index (κ2) is 4.00. The first-order chi connectivity index (χ1) is 6.09. The smallest absolute Gasteiger partial charge is 0.219 e. The Morgan fingerprint density at radius 1 is 1.62 bits per heavy atom. The molecule has 0 saturated carbocycles. The van der Waals surface area contributed by atoms with E-state index in [2.05, 4.69) is 4.98 Å². The lowest BCUT2D eigenvalue weighted by Crippen LogP contribution is -2.21. The van der Waals surface area contributed by atoms with Crippen LogP contribution < -0.4 is 11.5 Å². The van der Waals surface area contributed by atoms with E-state index in [0.717, 1.165) is 5.56 Å². The van der Waals surface area contributed by atoms with E-state index in [-0.39, 0.29) is 6.42 Å². The molecule has 0 saturated heterocycles. The highest BCUT2D eigenvalue weighted by molar-refractivity contribution is 5.74. The van der Waals surface area contributed by atoms with Crippen molar-refractivity contribution >= 4 is 5.91 Å². The average Bonchev–Trinajstić information content (AvgIpc) is 2.04. The molecule has 0 aliphatic rings. The van der Waals surface area contributed by atoms with Crippen LogP contribution in [0.1, 0.15) is 23.7 Å². The molecule has 4 heteroatoms. The lowest BCUT2D eigenvalue weighted by molar-refractivity contribution is -0.118. The molecule has 4 N–H and O–H groups in total. The number of aromatic nitrogens is 1. The second-order valence-electron chi connectivity index (χ2n) is 3.04. The molecule has 1 rings (SSSR count). The van der Waals surface area contributed by atoms with Gasteiger partial charge in [-0.25, -0.2) is 0 Å². The number of hydrogen-bond acceptors (Lipinski definition) is 3. The molecular weight excluding hydrogens is 166 g/mol. The van der Waals surface area contributed by atoms with E-state index in [4.69, 9.17) is 11.5 Å². The van der Waals surface area contributed by atoms with Crippen molar-refractivity contribution in [1.82, 2.24) is 4.98 Å². The Labute approximate surface area is 77.0 Å². The monoisotopic (exact) mass is 179 g/mol. The van der Waals surface area contributed by atoms with E-state index >= 15 is 0 Å². The first kappa shape index (κ1) is 9.67. The Morgan fingerprint density at radius 3 is 2.77 bits per heavy atom. The van der Waals surface area contributed by atoms with Crippen LogP contribution in [0.25, 0.3) is 0 Å². The van der Waals surface area contributed by atoms with Gasteiger partial charge in [-0.15, -0.1) is 0 Å². The Hall–Kier alpha value is -1.42. The summed E-state index contributed by atoms with van der Waals surface area (Å²) in [7, 11) is 0. The second-order valence-corrected chi connectivity index (χ2v) is 3.04. The molecule has 0 aromatic carbocycles. The number of hydrogen-bond donors (Lipinski definition) is 2. The number of rotatable bonds is 3. The molecule has 1 aromatic heterocycles. The highest BCUT2D eigenvalue weighted by Crippen LogP contribution is 2.10. The fourth-order valence-corrected chi connectivity index (χ4v) is 1.02. The van der Waals surface area contributed by atoms with Crippen LogP contribution in [0.2, 0.25) is 0 Å². The lowest BCUT2D eigenvalue weighted by atomic mass is 10.1. The summed E-state index contributed by atoms with van der Waals surface area (Å²) in [5.74, 6) is -0.408. The third-order valence-corrected chi connectivity index (χ3v) is 1.74. The molecule has 1 unspecified atom stereocenters. The maximum absolute atomic E-state index is 10.6. The van der Waals surface area contributed by atoms with Gasteiger partial charge < -0.3 is 11.5 Å². The Bertz CT molecular complexity index is 294. The number of carbonyl (C=O) groups excluding carboxylic acids is 1. The topological polar surface area (TPSA) is 82.0 Å². The fourth-order valence-electron chi connectivity index (χ4n) is 1.02. The van der Waals surface area contributed by atoms with Crippen LogP contribution in [0.15, 0.2) is 18.3 Å². The molecule has 1 atom stereocenters. The van der Waals surface area contributed by atoms with Gasteiger partial charge in [0.2, 0.25) is 5.91 Å². The Kier molecular flexibility index (Phi) is 2.97. The van der Waals surface area contributed by atoms with E-state index in [0.29, 0.717) is 5.69 Å². The van der Waals surface area contributed by atoms with Crippen LogP contribution in [-0.2, 0) is 4.79 Å². The molecule has 70 valence electrons. The molecule has 1 aromatic rings. The van der Waals surface area contributed by atoms with Crippen LogP contribution >= 0.6 is 0 Å². The zero-order chi connectivity index (χ0) is 9.84. The van der Waals surface area contributed by atoms with Crippen molar-refractivity contribution in [1.29, 1.82) is 0 Å². The molecule has 4 nitrogen and oxygen atoms in total. The van der Waals surface area contributed by atoms with E-state index in [1.807, 2.05) is 19.1 Å². The highest BCUT2D eigenvalue weighted by atomic mass is 16.1. The summed E-state index contributed by atoms with van der Waals surface area (Å²) in [5, 5.41) is 0. The van der Waals surface area contributed by atoms with Gasteiger partial charge in [0.05, 0.1) is 11.7 Å². The number of nitrogens with zero attached hydrogens (tertiary/aromatic N) is 1. The summed E-state index contributed by atoms with van der Waals surface area (Å²) in [4.78, 5) is 14.7. The van der Waals surface area contributed by atoms with Crippen LogP contribution in [0.3, 0.4) is 0 Å². The van der Waals surface area contributed by atoms with Crippen molar-refractivity contribution in [3.05, 3.63) is 29.6 Å². The van der Waals surface area contributed by atoms with Gasteiger partial charge >= 0.3 is 0 Å². The van der Waals surface area contributed by atoms with Gasteiger partial charge in [0.1, 0.15) is 0 Å². The van der Waals surface area contributed by atoms with E-state index in [9.17, 15) is 4.79 Å². The number of primary amides is 1. The van der Waals surface area contributed by atoms with E-state index in [1.54, 1.807) is 6.20 Å². The molecule has 0 aliphatic carbocycles. The molecule has 1 heterocycles. The van der Waals surface area contributed by atoms with Gasteiger partial charge in [-0.3, -0.25) is 9.78 Å². The van der Waals surface area contributed by atoms with Crippen molar-refractivity contribution in [3.63, 3.8) is 0 Å². The average molecular weight is 179 g/mol. The minimum Gasteiger partial charge on any atom is -0.370 e. The zero-order valence-electron chi connectivity index (χ0n) is 7.53. The van der Waals surface area contributed by atoms with Crippen molar-refractivity contribution < 1.29 is 4.79 Å². The van der Waals surface area contributed by atoms with Crippen molar-refractivity contribution in [2.45, 2.75) is 19.4 Å². The molecule has 13 heavy (non-hydrogen) atoms. The van der Waals surface area contributed by atoms with E-state index < -0.39 is 11.9 Å². The van der Waals surface area contributed by atoms with Gasteiger partial charge in [0, 0.05) is 12.6 Å². The van der Waals surface area contributed by atoms with E-state index in [1.165, 1.54) is 0 Å². The summed E-state index contributed by atoms with van der Waals surface area (Å²) in [6.07, 6.45) is 1.85. The van der Waals surface area contributed by atoms with Crippen LogP contribution in [-0.4, -0.2) is 10.9 Å². The van der Waals surface area contributed by atoms with Crippen molar-refractivity contribution in [2.75, 3.05) is 0 Å². The summed E-state index contributed by atoms with van der Waals surface area (Å²) in [6.45, 7) is 1.94. The van der Waals surface area contributed by atoms with Gasteiger partial charge in [-0.05, 0) is 18.6 Å². The predicted octanol–water partition coefficient (Wildman–Crippen LogP) is 0.265. The fraction of sp³-hybridized carbons (Fsp3) is 0.333. The predicted molar refractivity (Wildman–Crippen MR) is 49.7 cm³/mol. The maximum Gasteiger partial charge on any atom is 0.219 e. The number of aryl methyl sites for hydroxylation is 1. The SMILES string of the molecule is Cc1ccc(C(N)CC(N)=O)nc1. The van der Waals surface area contributed by atoms with Crippen LogP contribution in [0.5, 0.6) is 0 Å². The summed E-state index contributed by atoms with van der Waals surface area (Å²) in [5.41, 5.74) is 12.5. The highest BCUT2D eigenvalue weighted by Gasteiger charge is 2.09. The minimum atomic E-state index is -0.408. The first-order valence-corrected chi connectivity index (χ1v) is 4.06. The zero-order valence-corrected chi connectivity index (χ0v) is 7.53. The van der Waals surface area contributed by atoms with Gasteiger partial charge in [0.25, 0.3) is 0 Å². The molecule has 0 radical (unpaired) electrons. The minimum absolute atomic E-state index is 0.135. The quantitative estimate of drug-likeness (QED) is 0.698. The van der Waals surface area contributed by atoms with Crippen LogP contribution in [0, 0.1) is 6.92 Å². The number of pyridine rings is 1. The summed E-state index contributed by atoms with van der Waals surface area (Å²) >= 11 is 0. The molecule has 0 spiro atoms. The third-order valence-electron chi connectivity index (χ3n) is 1.74. The van der Waals surface area contributed by atoms with Crippen molar-refractivity contribution in [2.24, 2.45) is 11.5 Å². The lowest BCUT2D eigenvalue weighted by Gasteiger charge is -2.08. The largest absolute Gasteiger partial charge is 0.370 e. The number of carbonyl (C=O) groups is 1. The molecule has 0 bridgehead atoms. The van der Waals surface area contributed by atoms with Gasteiger partial charge in [-0.1, -0.05) is 6.07 Å². The van der Waals surface area contributed by atoms with Crippen molar-refractivity contribution in [3.8, 4) is 0 Å². The summed E-state index contributed by atoms with van der Waals surface area (Å²) in [6, 6.07) is 3.32. The Morgan fingerprint density at radius 2 is 2.31 bits per heavy atom. The number of amides is 1.